The molecule has 46 heavy (non-hydrogen) atoms. The van der Waals surface area contributed by atoms with E-state index in [9.17, 15) is 0 Å². The lowest BCUT2D eigenvalue weighted by molar-refractivity contribution is 0.0165. The Hall–Kier alpha value is -4.05. The maximum absolute atomic E-state index is 5.79. The van der Waals surface area contributed by atoms with E-state index < -0.39 is 0 Å². The van der Waals surface area contributed by atoms with Crippen LogP contribution in [0.5, 0.6) is 0 Å². The maximum Gasteiger partial charge on any atom is 0.124 e. The number of nitrogens with zero attached hydrogens (tertiary/aromatic N) is 3. The van der Waals surface area contributed by atoms with E-state index in [0.29, 0.717) is 39.6 Å². The predicted octanol–water partition coefficient (Wildman–Crippen LogP) is 7.24. The second-order valence-corrected chi connectivity index (χ2v) is 12.3. The summed E-state index contributed by atoms with van der Waals surface area (Å²) in [6.07, 6.45) is 2.18. The van der Waals surface area contributed by atoms with E-state index in [0.717, 1.165) is 48.0 Å². The quantitative estimate of drug-likeness (QED) is 0.101. The van der Waals surface area contributed by atoms with Crippen molar-refractivity contribution < 1.29 is 14.2 Å². The second kappa shape index (κ2) is 16.5. The van der Waals surface area contributed by atoms with E-state index in [1.165, 1.54) is 26.7 Å². The minimum Gasteiger partial charge on any atom is -0.378 e. The zero-order valence-corrected chi connectivity index (χ0v) is 27.3. The van der Waals surface area contributed by atoms with Gasteiger partial charge in [-0.1, -0.05) is 54.6 Å². The highest BCUT2D eigenvalue weighted by atomic mass is 32.1. The normalized spacial score (nSPS) is 11.5. The van der Waals surface area contributed by atoms with E-state index in [4.69, 9.17) is 19.2 Å². The molecule has 7 nitrogen and oxygen atoms in total. The predicted molar refractivity (Wildman–Crippen MR) is 190 cm³/mol. The fraction of sp³-hybridized carbons (Fsp3) is 0.289. The summed E-state index contributed by atoms with van der Waals surface area (Å²) in [7, 11) is 2.09. The first kappa shape index (κ1) is 31.9. The van der Waals surface area contributed by atoms with Gasteiger partial charge in [-0.3, -0.25) is 0 Å². The number of thiazole rings is 1. The van der Waals surface area contributed by atoms with Crippen molar-refractivity contribution in [3.63, 3.8) is 0 Å². The van der Waals surface area contributed by atoms with E-state index >= 15 is 0 Å². The number of rotatable bonds is 18. The summed E-state index contributed by atoms with van der Waals surface area (Å²) in [6, 6.07) is 36.2. The summed E-state index contributed by atoms with van der Waals surface area (Å²) in [5.74, 6) is 0. The Morgan fingerprint density at radius 1 is 0.739 bits per heavy atom. The molecule has 0 saturated carbocycles. The molecular formula is C38H42N4O3S. The molecule has 2 heterocycles. The molecule has 0 amide bonds. The monoisotopic (exact) mass is 634 g/mol. The van der Waals surface area contributed by atoms with Crippen molar-refractivity contribution in [3.05, 3.63) is 120 Å². The van der Waals surface area contributed by atoms with Gasteiger partial charge in [0.05, 0.1) is 49.9 Å². The molecule has 0 bridgehead atoms. The topological polar surface area (TPSA) is 60.8 Å². The van der Waals surface area contributed by atoms with Crippen LogP contribution in [-0.2, 0) is 27.3 Å². The van der Waals surface area contributed by atoms with Crippen molar-refractivity contribution in [2.75, 3.05) is 64.7 Å². The van der Waals surface area contributed by atoms with Crippen LogP contribution < -0.4 is 10.2 Å². The zero-order valence-electron chi connectivity index (χ0n) is 26.4. The molecule has 6 rings (SSSR count). The van der Waals surface area contributed by atoms with Crippen molar-refractivity contribution in [3.8, 4) is 10.6 Å². The third kappa shape index (κ3) is 8.60. The van der Waals surface area contributed by atoms with Crippen LogP contribution in [0.15, 0.2) is 109 Å². The van der Waals surface area contributed by atoms with Gasteiger partial charge in [0.2, 0.25) is 0 Å². The Morgan fingerprint density at radius 2 is 1.48 bits per heavy atom. The van der Waals surface area contributed by atoms with Crippen molar-refractivity contribution in [2.45, 2.75) is 13.1 Å². The third-order valence-corrected chi connectivity index (χ3v) is 9.09. The Balaban J connectivity index is 0.790. The molecule has 0 unspecified atom stereocenters. The highest BCUT2D eigenvalue weighted by Gasteiger charge is 2.08. The third-order valence-electron chi connectivity index (χ3n) is 8.00. The van der Waals surface area contributed by atoms with Gasteiger partial charge < -0.3 is 29.0 Å². The summed E-state index contributed by atoms with van der Waals surface area (Å²) in [4.78, 5) is 6.96. The average Bonchev–Trinajstić information content (AvgIpc) is 3.72. The van der Waals surface area contributed by atoms with Gasteiger partial charge in [0, 0.05) is 61.6 Å². The number of aromatic nitrogens is 2. The van der Waals surface area contributed by atoms with Crippen LogP contribution in [0.25, 0.3) is 31.7 Å². The van der Waals surface area contributed by atoms with Gasteiger partial charge >= 0.3 is 0 Å². The molecule has 4 aromatic carbocycles. The number of anilines is 1. The van der Waals surface area contributed by atoms with Gasteiger partial charge in [-0.2, -0.15) is 0 Å². The molecule has 0 fully saturated rings. The zero-order chi connectivity index (χ0) is 31.4. The maximum atomic E-state index is 5.79. The Kier molecular flexibility index (Phi) is 11.4. The number of ether oxygens (including phenoxy) is 3. The number of nitrogens with one attached hydrogen (secondary N) is 1. The molecule has 0 saturated heterocycles. The summed E-state index contributed by atoms with van der Waals surface area (Å²) in [5.41, 5.74) is 7.23. The van der Waals surface area contributed by atoms with Crippen LogP contribution in [0.1, 0.15) is 11.1 Å². The van der Waals surface area contributed by atoms with E-state index in [1.807, 2.05) is 6.07 Å². The lowest BCUT2D eigenvalue weighted by atomic mass is 10.1. The molecule has 1 N–H and O–H groups in total. The lowest BCUT2D eigenvalue weighted by Crippen LogP contribution is -2.23. The second-order valence-electron chi connectivity index (χ2n) is 11.2. The van der Waals surface area contributed by atoms with Crippen molar-refractivity contribution in [2.24, 2.45) is 0 Å². The van der Waals surface area contributed by atoms with Crippen LogP contribution in [0.4, 0.5) is 5.69 Å². The number of likely N-dealkylation sites (N-methyl/N-ethyl adjacent to an activating group) is 1. The summed E-state index contributed by atoms with van der Waals surface area (Å²) in [6.45, 7) is 6.88. The number of hydrogen-bond donors (Lipinski definition) is 1. The average molecular weight is 635 g/mol. The molecule has 0 aliphatic heterocycles. The first-order chi connectivity index (χ1) is 22.7. The standard InChI is InChI=1S/C38H42N4O3S/c1-41(33-16-14-31(15-17-33)38-40-35-11-5-6-13-37(35)46-38)21-23-44-25-27-45-26-24-43-22-19-39-28-32-10-7-12-36-34(32)18-20-42(36)29-30-8-3-2-4-9-30/h2-18,20,39H,19,21-29H2,1H3. The SMILES string of the molecule is CN(CCOCCOCCOCCNCc1cccc2c1ccn2Cc1ccccc1)c1ccc(-c2nc3ccccc3s2)cc1. The first-order valence-corrected chi connectivity index (χ1v) is 16.8. The van der Waals surface area contributed by atoms with Gasteiger partial charge in [0.1, 0.15) is 5.01 Å². The highest BCUT2D eigenvalue weighted by molar-refractivity contribution is 7.21. The lowest BCUT2D eigenvalue weighted by Gasteiger charge is -2.19. The van der Waals surface area contributed by atoms with Gasteiger partial charge in [-0.15, -0.1) is 11.3 Å². The molecule has 0 radical (unpaired) electrons. The molecule has 8 heteroatoms. The minimum atomic E-state index is 0.566. The summed E-state index contributed by atoms with van der Waals surface area (Å²) in [5, 5.41) is 5.86. The van der Waals surface area contributed by atoms with Crippen LogP contribution in [0.3, 0.4) is 0 Å². The molecule has 6 aromatic rings. The minimum absolute atomic E-state index is 0.566. The van der Waals surface area contributed by atoms with E-state index in [1.54, 1.807) is 11.3 Å². The number of benzene rings is 4. The van der Waals surface area contributed by atoms with Crippen LogP contribution in [-0.4, -0.2) is 69.3 Å². The fourth-order valence-corrected chi connectivity index (χ4v) is 6.42. The number of fused-ring (bicyclic) bond motifs is 2. The molecular weight excluding hydrogens is 593 g/mol. The van der Waals surface area contributed by atoms with Crippen LogP contribution in [0, 0.1) is 0 Å². The number of para-hydroxylation sites is 1. The van der Waals surface area contributed by atoms with E-state index in [-0.39, 0.29) is 0 Å². The van der Waals surface area contributed by atoms with Crippen molar-refractivity contribution in [1.82, 2.24) is 14.9 Å². The van der Waals surface area contributed by atoms with Gasteiger partial charge in [0.15, 0.2) is 0 Å². The molecule has 0 atom stereocenters. The smallest absolute Gasteiger partial charge is 0.124 e. The molecule has 238 valence electrons. The molecule has 2 aromatic heterocycles. The largest absolute Gasteiger partial charge is 0.378 e. The Morgan fingerprint density at radius 3 is 2.28 bits per heavy atom. The van der Waals surface area contributed by atoms with E-state index in [2.05, 4.69) is 125 Å². The highest BCUT2D eigenvalue weighted by Crippen LogP contribution is 2.31. The van der Waals surface area contributed by atoms with Gasteiger partial charge in [-0.25, -0.2) is 4.98 Å². The number of hydrogen-bond acceptors (Lipinski definition) is 7. The molecule has 0 aliphatic rings. The van der Waals surface area contributed by atoms with Gasteiger partial charge in [-0.05, 0) is 59.7 Å². The van der Waals surface area contributed by atoms with Gasteiger partial charge in [0.25, 0.3) is 0 Å². The van der Waals surface area contributed by atoms with Crippen LogP contribution >= 0.6 is 11.3 Å². The molecule has 0 spiro atoms. The molecule has 0 aliphatic carbocycles. The summed E-state index contributed by atoms with van der Waals surface area (Å²) >= 11 is 1.73. The summed E-state index contributed by atoms with van der Waals surface area (Å²) < 4.78 is 20.7. The fourth-order valence-electron chi connectivity index (χ4n) is 5.45. The van der Waals surface area contributed by atoms with Crippen molar-refractivity contribution >= 4 is 38.1 Å². The van der Waals surface area contributed by atoms with Crippen LogP contribution in [0.2, 0.25) is 0 Å². The first-order valence-electron chi connectivity index (χ1n) is 16.0. The Labute approximate surface area is 275 Å². The van der Waals surface area contributed by atoms with Crippen molar-refractivity contribution in [1.29, 1.82) is 0 Å². The Bertz CT molecular complexity index is 1750.